The standard InChI is InChI=1S/C27H27ClN2O5S/c1-3-4-12-33-24-10-7-19(14-22(24)28)27-29-17(2)25(36-27)16-34-20-8-5-18(6-9-20)21(15-26(31)32)23-11-13-35-30-23/h5-11,13-14,21H,3-4,12,15-16H2,1-2H3,(H,31,32)/t21-/m0/s1. The van der Waals surface area contributed by atoms with Crippen molar-refractivity contribution >= 4 is 28.9 Å². The fourth-order valence-electron chi connectivity index (χ4n) is 3.68. The van der Waals surface area contributed by atoms with E-state index in [-0.39, 0.29) is 6.42 Å². The summed E-state index contributed by atoms with van der Waals surface area (Å²) >= 11 is 7.99. The fraction of sp³-hybridized carbons (Fsp3) is 0.296. The highest BCUT2D eigenvalue weighted by Gasteiger charge is 2.21. The molecule has 0 aliphatic carbocycles. The van der Waals surface area contributed by atoms with Gasteiger partial charge in [0.1, 0.15) is 29.4 Å². The first kappa shape index (κ1) is 25.7. The van der Waals surface area contributed by atoms with Gasteiger partial charge < -0.3 is 19.1 Å². The van der Waals surface area contributed by atoms with Crippen LogP contribution in [0.2, 0.25) is 5.02 Å². The Morgan fingerprint density at radius 1 is 1.17 bits per heavy atom. The number of carboxylic acids is 1. The molecular formula is C27H27ClN2O5S. The van der Waals surface area contributed by atoms with Crippen LogP contribution in [0.5, 0.6) is 11.5 Å². The molecule has 0 fully saturated rings. The molecule has 2 heterocycles. The largest absolute Gasteiger partial charge is 0.492 e. The number of nitrogens with zero attached hydrogens (tertiary/aromatic N) is 2. The van der Waals surface area contributed by atoms with Gasteiger partial charge in [0.2, 0.25) is 0 Å². The lowest BCUT2D eigenvalue weighted by Gasteiger charge is -2.13. The molecule has 188 valence electrons. The molecule has 0 saturated carbocycles. The van der Waals surface area contributed by atoms with Gasteiger partial charge in [-0.05, 0) is 49.2 Å². The molecule has 0 amide bonds. The summed E-state index contributed by atoms with van der Waals surface area (Å²) in [5, 5.41) is 14.6. The van der Waals surface area contributed by atoms with E-state index in [0.29, 0.717) is 35.4 Å². The third-order valence-electron chi connectivity index (χ3n) is 5.67. The number of ether oxygens (including phenoxy) is 2. The molecule has 2 aromatic carbocycles. The van der Waals surface area contributed by atoms with Crippen molar-refractivity contribution in [3.8, 4) is 22.1 Å². The van der Waals surface area contributed by atoms with Crippen LogP contribution in [0, 0.1) is 6.92 Å². The van der Waals surface area contributed by atoms with E-state index in [9.17, 15) is 9.90 Å². The lowest BCUT2D eigenvalue weighted by molar-refractivity contribution is -0.137. The first-order chi connectivity index (χ1) is 17.4. The van der Waals surface area contributed by atoms with Gasteiger partial charge >= 0.3 is 5.97 Å². The highest BCUT2D eigenvalue weighted by molar-refractivity contribution is 7.15. The number of hydrogen-bond donors (Lipinski definition) is 1. The summed E-state index contributed by atoms with van der Waals surface area (Å²) in [6.45, 7) is 5.10. The first-order valence-corrected chi connectivity index (χ1v) is 12.9. The van der Waals surface area contributed by atoms with E-state index in [4.69, 9.17) is 30.6 Å². The van der Waals surface area contributed by atoms with Gasteiger partial charge in [-0.15, -0.1) is 11.3 Å². The molecule has 4 aromatic rings. The van der Waals surface area contributed by atoms with E-state index in [1.54, 1.807) is 17.4 Å². The summed E-state index contributed by atoms with van der Waals surface area (Å²) in [6.07, 6.45) is 3.42. The van der Waals surface area contributed by atoms with Crippen LogP contribution in [0.15, 0.2) is 59.3 Å². The summed E-state index contributed by atoms with van der Waals surface area (Å²) < 4.78 is 16.6. The molecule has 4 rings (SSSR count). The number of aliphatic carboxylic acids is 1. The van der Waals surface area contributed by atoms with Crippen LogP contribution in [0.1, 0.15) is 53.9 Å². The average Bonchev–Trinajstić information content (AvgIpc) is 3.53. The van der Waals surface area contributed by atoms with Crippen LogP contribution >= 0.6 is 22.9 Å². The van der Waals surface area contributed by atoms with Crippen LogP contribution in [0.3, 0.4) is 0 Å². The van der Waals surface area contributed by atoms with Crippen molar-refractivity contribution in [2.75, 3.05) is 6.61 Å². The molecule has 0 unspecified atom stereocenters. The van der Waals surface area contributed by atoms with Crippen LogP contribution in [0.4, 0.5) is 0 Å². The Labute approximate surface area is 218 Å². The molecule has 0 aliphatic heterocycles. The number of benzene rings is 2. The minimum atomic E-state index is -0.903. The number of aryl methyl sites for hydroxylation is 1. The molecule has 1 N–H and O–H groups in total. The Hall–Kier alpha value is -3.36. The Morgan fingerprint density at radius 2 is 1.97 bits per heavy atom. The van der Waals surface area contributed by atoms with Gasteiger partial charge in [0.25, 0.3) is 0 Å². The number of carboxylic acid groups (broad SMARTS) is 1. The zero-order valence-corrected chi connectivity index (χ0v) is 21.6. The predicted molar refractivity (Wildman–Crippen MR) is 139 cm³/mol. The van der Waals surface area contributed by atoms with Crippen molar-refractivity contribution in [3.05, 3.63) is 81.6 Å². The topological polar surface area (TPSA) is 94.7 Å². The quantitative estimate of drug-likeness (QED) is 0.196. The fourth-order valence-corrected chi connectivity index (χ4v) is 4.88. The highest BCUT2D eigenvalue weighted by Crippen LogP contribution is 2.34. The van der Waals surface area contributed by atoms with Crippen molar-refractivity contribution in [1.29, 1.82) is 0 Å². The van der Waals surface area contributed by atoms with E-state index in [1.165, 1.54) is 6.26 Å². The molecule has 7 nitrogen and oxygen atoms in total. The highest BCUT2D eigenvalue weighted by atomic mass is 35.5. The van der Waals surface area contributed by atoms with Crippen LogP contribution in [-0.4, -0.2) is 27.8 Å². The van der Waals surface area contributed by atoms with Gasteiger partial charge in [-0.2, -0.15) is 0 Å². The van der Waals surface area contributed by atoms with Crippen LogP contribution < -0.4 is 9.47 Å². The second kappa shape index (κ2) is 12.1. The smallest absolute Gasteiger partial charge is 0.304 e. The van der Waals surface area contributed by atoms with Gasteiger partial charge in [0.05, 0.1) is 34.3 Å². The summed E-state index contributed by atoms with van der Waals surface area (Å²) in [6, 6.07) is 14.8. The second-order valence-corrected chi connectivity index (χ2v) is 9.80. The molecule has 0 saturated heterocycles. The number of aromatic nitrogens is 2. The van der Waals surface area contributed by atoms with Gasteiger partial charge in [0.15, 0.2) is 0 Å². The number of thiazole rings is 1. The van der Waals surface area contributed by atoms with Crippen molar-refractivity contribution in [2.24, 2.45) is 0 Å². The van der Waals surface area contributed by atoms with E-state index in [1.807, 2.05) is 49.4 Å². The molecule has 0 radical (unpaired) electrons. The van der Waals surface area contributed by atoms with Crippen LogP contribution in [0.25, 0.3) is 10.6 Å². The zero-order valence-electron chi connectivity index (χ0n) is 20.1. The molecule has 9 heteroatoms. The molecule has 0 bridgehead atoms. The average molecular weight is 527 g/mol. The number of carbonyl (C=O) groups is 1. The third-order valence-corrected chi connectivity index (χ3v) is 7.15. The number of unbranched alkanes of at least 4 members (excludes halogenated alkanes) is 1. The maximum absolute atomic E-state index is 11.3. The van der Waals surface area contributed by atoms with E-state index in [0.717, 1.165) is 39.5 Å². The predicted octanol–water partition coefficient (Wildman–Crippen LogP) is 7.12. The molecule has 1 atom stereocenters. The van der Waals surface area contributed by atoms with Crippen molar-refractivity contribution in [3.63, 3.8) is 0 Å². The monoisotopic (exact) mass is 526 g/mol. The van der Waals surface area contributed by atoms with Gasteiger partial charge in [-0.3, -0.25) is 4.79 Å². The Morgan fingerprint density at radius 3 is 2.64 bits per heavy atom. The minimum absolute atomic E-state index is 0.0779. The maximum Gasteiger partial charge on any atom is 0.304 e. The second-order valence-electron chi connectivity index (χ2n) is 8.31. The van der Waals surface area contributed by atoms with E-state index >= 15 is 0 Å². The molecule has 36 heavy (non-hydrogen) atoms. The summed E-state index contributed by atoms with van der Waals surface area (Å²) in [5.41, 5.74) is 3.25. The molecule has 2 aromatic heterocycles. The maximum atomic E-state index is 11.3. The first-order valence-electron chi connectivity index (χ1n) is 11.7. The number of hydrogen-bond acceptors (Lipinski definition) is 7. The van der Waals surface area contributed by atoms with E-state index < -0.39 is 11.9 Å². The van der Waals surface area contributed by atoms with E-state index in [2.05, 4.69) is 12.1 Å². The van der Waals surface area contributed by atoms with Gasteiger partial charge in [-0.25, -0.2) is 4.98 Å². The molecular weight excluding hydrogens is 500 g/mol. The molecule has 0 aliphatic rings. The Kier molecular flexibility index (Phi) is 8.61. The van der Waals surface area contributed by atoms with Crippen molar-refractivity contribution in [1.82, 2.24) is 10.1 Å². The lowest BCUT2D eigenvalue weighted by atomic mass is 9.92. The third kappa shape index (κ3) is 6.44. The summed E-state index contributed by atoms with van der Waals surface area (Å²) in [5.74, 6) is 0.0684. The van der Waals surface area contributed by atoms with Crippen molar-refractivity contribution in [2.45, 2.75) is 45.6 Å². The normalized spacial score (nSPS) is 11.9. The molecule has 0 spiro atoms. The Bertz CT molecular complexity index is 1290. The number of rotatable bonds is 12. The number of halogens is 1. The zero-order chi connectivity index (χ0) is 25.5. The van der Waals surface area contributed by atoms with Crippen LogP contribution in [-0.2, 0) is 11.4 Å². The SMILES string of the molecule is CCCCOc1ccc(-c2nc(C)c(COc3ccc([C@H](CC(=O)O)c4ccon4)cc3)s2)cc1Cl. The summed E-state index contributed by atoms with van der Waals surface area (Å²) in [7, 11) is 0. The lowest BCUT2D eigenvalue weighted by Crippen LogP contribution is -2.08. The Balaban J connectivity index is 1.41. The van der Waals surface area contributed by atoms with Gasteiger partial charge in [-0.1, -0.05) is 42.2 Å². The summed E-state index contributed by atoms with van der Waals surface area (Å²) in [4.78, 5) is 17.0. The minimum Gasteiger partial charge on any atom is -0.492 e. The van der Waals surface area contributed by atoms with Crippen molar-refractivity contribution < 1.29 is 23.9 Å². The van der Waals surface area contributed by atoms with Gasteiger partial charge in [0, 0.05) is 17.5 Å².